The van der Waals surface area contributed by atoms with Crippen LogP contribution < -0.4 is 10.6 Å². The molecule has 25 heavy (non-hydrogen) atoms. The molecule has 1 heterocycles. The first kappa shape index (κ1) is 17.6. The van der Waals surface area contributed by atoms with Crippen molar-refractivity contribution >= 4 is 11.6 Å². The number of anilines is 1. The van der Waals surface area contributed by atoms with Gasteiger partial charge in [0, 0.05) is 18.3 Å². The number of hydrogen-bond acceptors (Lipinski definition) is 3. The van der Waals surface area contributed by atoms with Gasteiger partial charge >= 0.3 is 0 Å². The highest BCUT2D eigenvalue weighted by Gasteiger charge is 2.12. The van der Waals surface area contributed by atoms with E-state index >= 15 is 0 Å². The zero-order chi connectivity index (χ0) is 17.5. The van der Waals surface area contributed by atoms with Crippen molar-refractivity contribution in [1.29, 1.82) is 0 Å². The molecule has 0 aliphatic carbocycles. The average molecular weight is 337 g/mol. The standard InChI is InChI=1S/C21H27N3O/c1-17(19-7-3-2-4-8-19)22-15-21(25)23-20-11-9-18(10-12-20)16-24-13-5-6-14-24/h2-4,7-12,17,22H,5-6,13-16H2,1H3,(H,23,25)/t17-/m1/s1. The van der Waals surface area contributed by atoms with Gasteiger partial charge in [-0.3, -0.25) is 9.69 Å². The highest BCUT2D eigenvalue weighted by atomic mass is 16.1. The Labute approximate surface area is 150 Å². The first-order valence-corrected chi connectivity index (χ1v) is 9.10. The number of nitrogens with one attached hydrogen (secondary N) is 2. The molecule has 1 atom stereocenters. The number of carbonyl (C=O) groups excluding carboxylic acids is 1. The van der Waals surface area contributed by atoms with Gasteiger partial charge in [-0.15, -0.1) is 0 Å². The van der Waals surface area contributed by atoms with Crippen LogP contribution in [0.5, 0.6) is 0 Å². The highest BCUT2D eigenvalue weighted by molar-refractivity contribution is 5.92. The SMILES string of the molecule is C[C@@H](NCC(=O)Nc1ccc(CN2CCCC2)cc1)c1ccccc1. The Morgan fingerprint density at radius 3 is 2.40 bits per heavy atom. The lowest BCUT2D eigenvalue weighted by molar-refractivity contribution is -0.115. The van der Waals surface area contributed by atoms with E-state index < -0.39 is 0 Å². The molecule has 2 aromatic carbocycles. The zero-order valence-corrected chi connectivity index (χ0v) is 14.9. The summed E-state index contributed by atoms with van der Waals surface area (Å²) in [5.41, 5.74) is 3.33. The van der Waals surface area contributed by atoms with Crippen LogP contribution in [0.2, 0.25) is 0 Å². The van der Waals surface area contributed by atoms with E-state index in [0.29, 0.717) is 6.54 Å². The fraction of sp³-hybridized carbons (Fsp3) is 0.381. The maximum absolute atomic E-state index is 12.1. The lowest BCUT2D eigenvalue weighted by Crippen LogP contribution is -2.30. The molecule has 2 N–H and O–H groups in total. The van der Waals surface area contributed by atoms with Gasteiger partial charge in [0.2, 0.25) is 5.91 Å². The van der Waals surface area contributed by atoms with Crippen LogP contribution >= 0.6 is 0 Å². The van der Waals surface area contributed by atoms with E-state index in [9.17, 15) is 4.79 Å². The van der Waals surface area contributed by atoms with Crippen molar-refractivity contribution < 1.29 is 4.79 Å². The maximum atomic E-state index is 12.1. The predicted molar refractivity (Wildman–Crippen MR) is 102 cm³/mol. The third kappa shape index (κ3) is 5.41. The summed E-state index contributed by atoms with van der Waals surface area (Å²) in [6.45, 7) is 5.76. The molecule has 2 aromatic rings. The summed E-state index contributed by atoms with van der Waals surface area (Å²) < 4.78 is 0. The first-order valence-electron chi connectivity index (χ1n) is 9.10. The summed E-state index contributed by atoms with van der Waals surface area (Å²) in [5.74, 6) is -0.0184. The van der Waals surface area contributed by atoms with Crippen molar-refractivity contribution in [2.45, 2.75) is 32.4 Å². The van der Waals surface area contributed by atoms with Crippen LogP contribution in [-0.2, 0) is 11.3 Å². The molecule has 0 saturated carbocycles. The Bertz CT molecular complexity index is 663. The summed E-state index contributed by atoms with van der Waals surface area (Å²) in [6, 6.07) is 18.5. The molecule has 4 nitrogen and oxygen atoms in total. The number of amides is 1. The van der Waals surface area contributed by atoms with Crippen LogP contribution in [0.15, 0.2) is 54.6 Å². The first-order chi connectivity index (χ1) is 12.2. The van der Waals surface area contributed by atoms with Crippen LogP contribution in [0.1, 0.15) is 36.9 Å². The molecule has 1 aliphatic heterocycles. The van der Waals surface area contributed by atoms with Crippen molar-refractivity contribution in [3.8, 4) is 0 Å². The van der Waals surface area contributed by atoms with Crippen molar-refractivity contribution in [2.24, 2.45) is 0 Å². The molecular weight excluding hydrogens is 310 g/mol. The number of likely N-dealkylation sites (tertiary alicyclic amines) is 1. The number of rotatable bonds is 7. The smallest absolute Gasteiger partial charge is 0.238 e. The molecule has 0 radical (unpaired) electrons. The van der Waals surface area contributed by atoms with Gasteiger partial charge in [-0.1, -0.05) is 42.5 Å². The molecule has 132 valence electrons. The number of nitrogens with zero attached hydrogens (tertiary/aromatic N) is 1. The van der Waals surface area contributed by atoms with Gasteiger partial charge in [0.1, 0.15) is 0 Å². The second kappa shape index (κ2) is 8.79. The molecule has 0 bridgehead atoms. The normalized spacial score (nSPS) is 15.9. The molecule has 1 saturated heterocycles. The largest absolute Gasteiger partial charge is 0.325 e. The minimum absolute atomic E-state index is 0.0184. The summed E-state index contributed by atoms with van der Waals surface area (Å²) in [6.07, 6.45) is 2.62. The summed E-state index contributed by atoms with van der Waals surface area (Å²) in [5, 5.41) is 6.21. The van der Waals surface area contributed by atoms with Crippen molar-refractivity contribution in [1.82, 2.24) is 10.2 Å². The van der Waals surface area contributed by atoms with Gasteiger partial charge in [0.05, 0.1) is 6.54 Å². The maximum Gasteiger partial charge on any atom is 0.238 e. The van der Waals surface area contributed by atoms with E-state index in [2.05, 4.69) is 46.7 Å². The van der Waals surface area contributed by atoms with Crippen LogP contribution in [0, 0.1) is 0 Å². The third-order valence-corrected chi connectivity index (χ3v) is 4.71. The second-order valence-electron chi connectivity index (χ2n) is 6.74. The molecule has 1 aliphatic rings. The predicted octanol–water partition coefficient (Wildman–Crippen LogP) is 3.57. The Kier molecular flexibility index (Phi) is 6.20. The van der Waals surface area contributed by atoms with Crippen molar-refractivity contribution in [3.63, 3.8) is 0 Å². The van der Waals surface area contributed by atoms with E-state index in [1.54, 1.807) is 0 Å². The van der Waals surface area contributed by atoms with E-state index in [0.717, 1.165) is 12.2 Å². The highest BCUT2D eigenvalue weighted by Crippen LogP contribution is 2.15. The lowest BCUT2D eigenvalue weighted by atomic mass is 10.1. The summed E-state index contributed by atoms with van der Waals surface area (Å²) >= 11 is 0. The van der Waals surface area contributed by atoms with Gasteiger partial charge in [-0.25, -0.2) is 0 Å². The van der Waals surface area contributed by atoms with Gasteiger partial charge in [0.15, 0.2) is 0 Å². The van der Waals surface area contributed by atoms with Crippen LogP contribution in [0.3, 0.4) is 0 Å². The molecule has 4 heteroatoms. The molecule has 1 amide bonds. The Morgan fingerprint density at radius 2 is 1.72 bits per heavy atom. The van der Waals surface area contributed by atoms with Crippen molar-refractivity contribution in [3.05, 3.63) is 65.7 Å². The second-order valence-corrected chi connectivity index (χ2v) is 6.74. The van der Waals surface area contributed by atoms with Crippen LogP contribution in [0.25, 0.3) is 0 Å². The molecular formula is C21H27N3O. The van der Waals surface area contributed by atoms with Gasteiger partial charge in [-0.05, 0) is 56.1 Å². The van der Waals surface area contributed by atoms with Crippen LogP contribution in [-0.4, -0.2) is 30.4 Å². The average Bonchev–Trinajstić information content (AvgIpc) is 3.15. The summed E-state index contributed by atoms with van der Waals surface area (Å²) in [7, 11) is 0. The van der Waals surface area contributed by atoms with E-state index in [-0.39, 0.29) is 11.9 Å². The number of hydrogen-bond donors (Lipinski definition) is 2. The zero-order valence-electron chi connectivity index (χ0n) is 14.9. The topological polar surface area (TPSA) is 44.4 Å². The fourth-order valence-electron chi connectivity index (χ4n) is 3.20. The molecule has 0 spiro atoms. The number of benzene rings is 2. The van der Waals surface area contributed by atoms with Gasteiger partial charge in [-0.2, -0.15) is 0 Å². The van der Waals surface area contributed by atoms with Crippen LogP contribution in [0.4, 0.5) is 5.69 Å². The molecule has 0 aromatic heterocycles. The lowest BCUT2D eigenvalue weighted by Gasteiger charge is -2.15. The van der Waals surface area contributed by atoms with Crippen molar-refractivity contribution in [2.75, 3.05) is 25.0 Å². The fourth-order valence-corrected chi connectivity index (χ4v) is 3.20. The quantitative estimate of drug-likeness (QED) is 0.812. The minimum atomic E-state index is -0.0184. The number of carbonyl (C=O) groups is 1. The molecule has 3 rings (SSSR count). The third-order valence-electron chi connectivity index (χ3n) is 4.71. The Morgan fingerprint density at radius 1 is 1.04 bits per heavy atom. The summed E-state index contributed by atoms with van der Waals surface area (Å²) in [4.78, 5) is 14.6. The van der Waals surface area contributed by atoms with E-state index in [4.69, 9.17) is 0 Å². The monoisotopic (exact) mass is 337 g/mol. The van der Waals surface area contributed by atoms with Gasteiger partial charge < -0.3 is 10.6 Å². The van der Waals surface area contributed by atoms with E-state index in [1.807, 2.05) is 30.3 Å². The van der Waals surface area contributed by atoms with Gasteiger partial charge in [0.25, 0.3) is 0 Å². The Hall–Kier alpha value is -2.17. The Balaban J connectivity index is 1.44. The molecule has 1 fully saturated rings. The van der Waals surface area contributed by atoms with E-state index in [1.165, 1.54) is 37.1 Å². The molecule has 0 unspecified atom stereocenters. The minimum Gasteiger partial charge on any atom is -0.325 e.